The quantitative estimate of drug-likeness (QED) is 0.286. The van der Waals surface area contributed by atoms with Crippen LogP contribution >= 0.6 is 15.9 Å². The van der Waals surface area contributed by atoms with Crippen molar-refractivity contribution in [3.63, 3.8) is 0 Å². The minimum Gasteiger partial charge on any atom is -0.506 e. The van der Waals surface area contributed by atoms with Crippen molar-refractivity contribution in [1.29, 1.82) is 0 Å². The maximum Gasteiger partial charge on any atom is 0.297 e. The largest absolute Gasteiger partial charge is 0.506 e. The Morgan fingerprint density at radius 3 is 2.36 bits per heavy atom. The van der Waals surface area contributed by atoms with Gasteiger partial charge in [0, 0.05) is 15.2 Å². The average molecular weight is 457 g/mol. The zero-order valence-electron chi connectivity index (χ0n) is 14.2. The van der Waals surface area contributed by atoms with Crippen LogP contribution in [0.1, 0.15) is 0 Å². The first kappa shape index (κ1) is 18.5. The van der Waals surface area contributed by atoms with Crippen molar-refractivity contribution >= 4 is 59.0 Å². The molecule has 28 heavy (non-hydrogen) atoms. The summed E-state index contributed by atoms with van der Waals surface area (Å²) in [6.45, 7) is 0. The van der Waals surface area contributed by atoms with Gasteiger partial charge < -0.3 is 5.11 Å². The summed E-state index contributed by atoms with van der Waals surface area (Å²) in [6.07, 6.45) is 0. The summed E-state index contributed by atoms with van der Waals surface area (Å²) in [4.78, 5) is -0.322. The Bertz CT molecular complexity index is 1370. The zero-order chi connectivity index (χ0) is 19.9. The molecule has 0 aliphatic rings. The highest BCUT2D eigenvalue weighted by molar-refractivity contribution is 9.10. The predicted molar refractivity (Wildman–Crippen MR) is 111 cm³/mol. The molecule has 140 valence electrons. The summed E-state index contributed by atoms with van der Waals surface area (Å²) in [5, 5.41) is 20.8. The van der Waals surface area contributed by atoms with Crippen LogP contribution < -0.4 is 0 Å². The lowest BCUT2D eigenvalue weighted by molar-refractivity contribution is 0.477. The van der Waals surface area contributed by atoms with Gasteiger partial charge in [-0.25, -0.2) is 0 Å². The summed E-state index contributed by atoms with van der Waals surface area (Å²) >= 11 is 3.39. The second-order valence-electron chi connectivity index (χ2n) is 6.11. The van der Waals surface area contributed by atoms with E-state index in [9.17, 15) is 18.1 Å². The van der Waals surface area contributed by atoms with Gasteiger partial charge in [-0.1, -0.05) is 58.4 Å². The van der Waals surface area contributed by atoms with Crippen molar-refractivity contribution in [2.75, 3.05) is 0 Å². The van der Waals surface area contributed by atoms with Gasteiger partial charge in [-0.05, 0) is 35.0 Å². The molecule has 6 nitrogen and oxygen atoms in total. The second-order valence-corrected chi connectivity index (χ2v) is 8.38. The van der Waals surface area contributed by atoms with Gasteiger partial charge in [0.25, 0.3) is 10.1 Å². The molecular weight excluding hydrogens is 444 g/mol. The Labute approximate surface area is 169 Å². The van der Waals surface area contributed by atoms with E-state index >= 15 is 0 Å². The normalized spacial score (nSPS) is 12.2. The van der Waals surface area contributed by atoms with Crippen LogP contribution in [0.5, 0.6) is 5.75 Å². The molecule has 0 fully saturated rings. The number of nitrogens with zero attached hydrogens (tertiary/aromatic N) is 2. The highest BCUT2D eigenvalue weighted by Gasteiger charge is 2.19. The van der Waals surface area contributed by atoms with Crippen LogP contribution in [0.2, 0.25) is 0 Å². The number of hydrogen-bond donors (Lipinski definition) is 2. The van der Waals surface area contributed by atoms with E-state index < -0.39 is 10.1 Å². The van der Waals surface area contributed by atoms with Crippen LogP contribution in [0.3, 0.4) is 0 Å². The second kappa shape index (κ2) is 6.97. The van der Waals surface area contributed by atoms with E-state index in [4.69, 9.17) is 0 Å². The van der Waals surface area contributed by atoms with E-state index in [1.54, 1.807) is 48.5 Å². The molecule has 0 amide bonds. The molecule has 0 heterocycles. The third kappa shape index (κ3) is 3.37. The van der Waals surface area contributed by atoms with Gasteiger partial charge in [0.05, 0.1) is 0 Å². The standard InChI is InChI=1S/C20H13BrN2O4S/c21-14-7-8-15-13(11-14)6-10-18(24)19(15)23-22-17-9-5-12-3-1-2-4-16(12)20(17)28(25,26)27/h1-11,24H,(H,25,26,27). The highest BCUT2D eigenvalue weighted by atomic mass is 79.9. The van der Waals surface area contributed by atoms with Crippen LogP contribution in [0.4, 0.5) is 11.4 Å². The van der Waals surface area contributed by atoms with Gasteiger partial charge in [0.15, 0.2) is 0 Å². The maximum absolute atomic E-state index is 12.0. The Balaban J connectivity index is 1.93. The number of hydrogen-bond acceptors (Lipinski definition) is 5. The van der Waals surface area contributed by atoms with Crippen LogP contribution in [0.15, 0.2) is 86.3 Å². The number of rotatable bonds is 3. The molecule has 0 aliphatic heterocycles. The molecule has 0 saturated heterocycles. The first-order valence-electron chi connectivity index (χ1n) is 8.17. The topological polar surface area (TPSA) is 99.3 Å². The van der Waals surface area contributed by atoms with Gasteiger partial charge in [0.1, 0.15) is 22.0 Å². The molecule has 0 spiro atoms. The fourth-order valence-corrected chi connectivity index (χ4v) is 4.28. The molecule has 4 rings (SSSR count). The minimum atomic E-state index is -4.55. The Kier molecular flexibility index (Phi) is 4.62. The lowest BCUT2D eigenvalue weighted by Crippen LogP contribution is -1.99. The van der Waals surface area contributed by atoms with Crippen molar-refractivity contribution in [2.24, 2.45) is 10.2 Å². The van der Waals surface area contributed by atoms with Crippen molar-refractivity contribution in [1.82, 2.24) is 0 Å². The zero-order valence-corrected chi connectivity index (χ0v) is 16.6. The molecule has 4 aromatic rings. The SMILES string of the molecule is O=S(=O)(O)c1c(N=Nc2c(O)ccc3cc(Br)ccc23)ccc2ccccc12. The fraction of sp³-hybridized carbons (Fsp3) is 0. The van der Waals surface area contributed by atoms with E-state index in [0.29, 0.717) is 16.2 Å². The molecule has 4 aromatic carbocycles. The molecule has 0 bridgehead atoms. The van der Waals surface area contributed by atoms with Crippen LogP contribution in [0.25, 0.3) is 21.5 Å². The smallest absolute Gasteiger partial charge is 0.297 e. The first-order valence-corrected chi connectivity index (χ1v) is 10.4. The Hall–Kier alpha value is -2.81. The number of azo groups is 1. The average Bonchev–Trinajstić information content (AvgIpc) is 2.66. The minimum absolute atomic E-state index is 0.0188. The number of phenolic OH excluding ortho intramolecular Hbond substituents is 1. The Morgan fingerprint density at radius 1 is 0.821 bits per heavy atom. The van der Waals surface area contributed by atoms with Crippen LogP contribution in [0, 0.1) is 0 Å². The molecular formula is C20H13BrN2O4S. The molecule has 0 aromatic heterocycles. The highest BCUT2D eigenvalue weighted by Crippen LogP contribution is 2.39. The summed E-state index contributed by atoms with van der Waals surface area (Å²) in [6, 6.07) is 18.6. The lowest BCUT2D eigenvalue weighted by atomic mass is 10.1. The molecule has 0 aliphatic carbocycles. The summed E-state index contributed by atoms with van der Waals surface area (Å²) in [5.41, 5.74) is 0.189. The molecule has 2 N–H and O–H groups in total. The van der Waals surface area contributed by atoms with E-state index in [0.717, 1.165) is 9.86 Å². The van der Waals surface area contributed by atoms with Crippen molar-refractivity contribution in [2.45, 2.75) is 4.90 Å². The monoisotopic (exact) mass is 456 g/mol. The van der Waals surface area contributed by atoms with Gasteiger partial charge in [-0.3, -0.25) is 4.55 Å². The number of halogens is 1. The van der Waals surface area contributed by atoms with Gasteiger partial charge in [-0.2, -0.15) is 8.42 Å². The van der Waals surface area contributed by atoms with Gasteiger partial charge in [0.2, 0.25) is 0 Å². The van der Waals surface area contributed by atoms with Crippen molar-refractivity contribution in [3.8, 4) is 5.75 Å². The molecule has 0 radical (unpaired) electrons. The maximum atomic E-state index is 12.0. The van der Waals surface area contributed by atoms with E-state index in [-0.39, 0.29) is 22.0 Å². The summed E-state index contributed by atoms with van der Waals surface area (Å²) < 4.78 is 34.6. The third-order valence-corrected chi connectivity index (χ3v) is 5.74. The number of fused-ring (bicyclic) bond motifs is 2. The first-order chi connectivity index (χ1) is 13.3. The molecule has 0 atom stereocenters. The number of phenols is 1. The number of aromatic hydroxyl groups is 1. The third-order valence-electron chi connectivity index (χ3n) is 4.31. The van der Waals surface area contributed by atoms with E-state index in [1.165, 1.54) is 12.1 Å². The molecule has 8 heteroatoms. The van der Waals surface area contributed by atoms with Crippen LogP contribution in [-0.2, 0) is 10.1 Å². The fourth-order valence-electron chi connectivity index (χ4n) is 3.06. The lowest BCUT2D eigenvalue weighted by Gasteiger charge is -2.08. The molecule has 0 saturated carbocycles. The summed E-state index contributed by atoms with van der Waals surface area (Å²) in [5.74, 6) is -0.0900. The van der Waals surface area contributed by atoms with E-state index in [2.05, 4.69) is 26.2 Å². The van der Waals surface area contributed by atoms with Crippen molar-refractivity contribution < 1.29 is 18.1 Å². The van der Waals surface area contributed by atoms with Gasteiger partial charge >= 0.3 is 0 Å². The van der Waals surface area contributed by atoms with Crippen molar-refractivity contribution in [3.05, 3.63) is 71.2 Å². The predicted octanol–water partition coefficient (Wildman–Crippen LogP) is 6.12. The molecule has 0 unspecified atom stereocenters. The summed E-state index contributed by atoms with van der Waals surface area (Å²) in [7, 11) is -4.55. The van der Waals surface area contributed by atoms with Crippen LogP contribution in [-0.4, -0.2) is 18.1 Å². The number of benzene rings is 4. The Morgan fingerprint density at radius 2 is 1.57 bits per heavy atom. The van der Waals surface area contributed by atoms with Gasteiger partial charge in [-0.15, -0.1) is 10.2 Å². The van der Waals surface area contributed by atoms with E-state index in [1.807, 2.05) is 6.07 Å².